The van der Waals surface area contributed by atoms with Crippen LogP contribution in [0.15, 0.2) is 41.4 Å². The van der Waals surface area contributed by atoms with E-state index in [0.29, 0.717) is 16.1 Å². The van der Waals surface area contributed by atoms with E-state index in [1.807, 2.05) is 0 Å². The Kier molecular flexibility index (Phi) is 4.27. The highest BCUT2D eigenvalue weighted by Crippen LogP contribution is 2.25. The molecule has 0 amide bonds. The van der Waals surface area contributed by atoms with Crippen molar-refractivity contribution >= 4 is 27.4 Å². The van der Waals surface area contributed by atoms with Crippen LogP contribution < -0.4 is 10.5 Å². The lowest BCUT2D eigenvalue weighted by molar-refractivity contribution is 0.600. The van der Waals surface area contributed by atoms with E-state index in [0.717, 1.165) is 0 Å². The highest BCUT2D eigenvalue weighted by atomic mass is 35.5. The molecule has 2 rings (SSSR count). The molecule has 3 N–H and O–H groups in total. The first-order chi connectivity index (χ1) is 9.44. The number of benzene rings is 1. The van der Waals surface area contributed by atoms with Crippen molar-refractivity contribution in [2.24, 2.45) is 5.73 Å². The van der Waals surface area contributed by atoms with E-state index in [4.69, 9.17) is 17.3 Å². The van der Waals surface area contributed by atoms with Gasteiger partial charge in [-0.05, 0) is 42.3 Å². The molecule has 0 atom stereocenters. The summed E-state index contributed by atoms with van der Waals surface area (Å²) in [5.74, 6) is 0.251. The number of hydrogen-bond donors (Lipinski definition) is 2. The lowest BCUT2D eigenvalue weighted by atomic mass is 10.1. The van der Waals surface area contributed by atoms with Crippen LogP contribution in [0.25, 0.3) is 0 Å². The predicted molar refractivity (Wildman–Crippen MR) is 79.1 cm³/mol. The second-order valence-electron chi connectivity index (χ2n) is 4.21. The van der Waals surface area contributed by atoms with Crippen molar-refractivity contribution in [1.29, 1.82) is 0 Å². The maximum atomic E-state index is 12.4. The molecule has 1 heterocycles. The fourth-order valence-electron chi connectivity index (χ4n) is 1.82. The van der Waals surface area contributed by atoms with Gasteiger partial charge in [-0.2, -0.15) is 0 Å². The van der Waals surface area contributed by atoms with Crippen LogP contribution in [0.1, 0.15) is 11.1 Å². The van der Waals surface area contributed by atoms with Gasteiger partial charge in [-0.3, -0.25) is 4.72 Å². The molecule has 0 aliphatic carbocycles. The van der Waals surface area contributed by atoms with Gasteiger partial charge in [0.25, 0.3) is 10.0 Å². The lowest BCUT2D eigenvalue weighted by Crippen LogP contribution is -2.16. The summed E-state index contributed by atoms with van der Waals surface area (Å²) >= 11 is 5.95. The van der Waals surface area contributed by atoms with Crippen molar-refractivity contribution in [3.8, 4) is 0 Å². The summed E-state index contributed by atoms with van der Waals surface area (Å²) in [6.45, 7) is 1.92. The highest BCUT2D eigenvalue weighted by Gasteiger charge is 2.20. The number of pyridine rings is 1. The van der Waals surface area contributed by atoms with Crippen LogP contribution in [0, 0.1) is 6.92 Å². The van der Waals surface area contributed by atoms with Crippen molar-refractivity contribution in [3.63, 3.8) is 0 Å². The second-order valence-corrected chi connectivity index (χ2v) is 6.30. The molecule has 0 radical (unpaired) electrons. The van der Waals surface area contributed by atoms with E-state index >= 15 is 0 Å². The van der Waals surface area contributed by atoms with E-state index in [1.165, 1.54) is 12.3 Å². The van der Waals surface area contributed by atoms with Crippen LogP contribution in [0.5, 0.6) is 0 Å². The number of anilines is 1. The molecule has 2 aromatic rings. The third kappa shape index (κ3) is 3.09. The first-order valence-electron chi connectivity index (χ1n) is 5.87. The minimum absolute atomic E-state index is 0.108. The van der Waals surface area contributed by atoms with Gasteiger partial charge in [0.2, 0.25) is 0 Å². The molecular weight excluding hydrogens is 298 g/mol. The first kappa shape index (κ1) is 14.8. The van der Waals surface area contributed by atoms with E-state index in [9.17, 15) is 8.42 Å². The van der Waals surface area contributed by atoms with Crippen molar-refractivity contribution in [1.82, 2.24) is 4.98 Å². The molecule has 1 aromatic heterocycles. The quantitative estimate of drug-likeness (QED) is 0.907. The van der Waals surface area contributed by atoms with Gasteiger partial charge < -0.3 is 5.73 Å². The zero-order valence-electron chi connectivity index (χ0n) is 10.8. The van der Waals surface area contributed by atoms with E-state index in [-0.39, 0.29) is 17.3 Å². The number of halogens is 1. The molecule has 0 unspecified atom stereocenters. The number of nitrogens with zero attached hydrogens (tertiary/aromatic N) is 1. The average Bonchev–Trinajstić information content (AvgIpc) is 2.41. The van der Waals surface area contributed by atoms with Crippen LogP contribution in [0.3, 0.4) is 0 Å². The summed E-state index contributed by atoms with van der Waals surface area (Å²) in [5.41, 5.74) is 6.88. The zero-order chi connectivity index (χ0) is 14.8. The molecule has 0 fully saturated rings. The Morgan fingerprint density at radius 3 is 2.70 bits per heavy atom. The summed E-state index contributed by atoms with van der Waals surface area (Å²) in [5, 5.41) is 0.331. The smallest absolute Gasteiger partial charge is 0.263 e. The molecule has 0 bridgehead atoms. The Morgan fingerprint density at radius 1 is 1.35 bits per heavy atom. The summed E-state index contributed by atoms with van der Waals surface area (Å²) in [7, 11) is -3.75. The molecule has 5 nitrogen and oxygen atoms in total. The van der Waals surface area contributed by atoms with Gasteiger partial charge in [-0.25, -0.2) is 13.4 Å². The van der Waals surface area contributed by atoms with Crippen molar-refractivity contribution in [3.05, 3.63) is 52.7 Å². The molecule has 7 heteroatoms. The monoisotopic (exact) mass is 311 g/mol. The highest BCUT2D eigenvalue weighted by molar-refractivity contribution is 7.92. The zero-order valence-corrected chi connectivity index (χ0v) is 12.4. The molecule has 106 valence electrons. The molecular formula is C13H14ClN3O2S. The number of rotatable bonds is 4. The number of nitrogens with two attached hydrogens (primary N) is 1. The number of sulfonamides is 1. The molecule has 0 saturated carbocycles. The van der Waals surface area contributed by atoms with Gasteiger partial charge in [-0.1, -0.05) is 17.7 Å². The number of hydrogen-bond acceptors (Lipinski definition) is 4. The van der Waals surface area contributed by atoms with Crippen LogP contribution in [-0.2, 0) is 16.6 Å². The second kappa shape index (κ2) is 5.78. The standard InChI is InChI=1S/C13H14ClN3O2S/c1-9-10(8-15)6-11(14)7-12(9)20(18,19)17-13-4-2-3-5-16-13/h2-7H,8,15H2,1H3,(H,16,17). The maximum Gasteiger partial charge on any atom is 0.263 e. The topological polar surface area (TPSA) is 85.1 Å². The Hall–Kier alpha value is -1.63. The Morgan fingerprint density at radius 2 is 2.10 bits per heavy atom. The molecule has 20 heavy (non-hydrogen) atoms. The van der Waals surface area contributed by atoms with Crippen LogP contribution in [0.2, 0.25) is 5.02 Å². The average molecular weight is 312 g/mol. The first-order valence-corrected chi connectivity index (χ1v) is 7.73. The minimum Gasteiger partial charge on any atom is -0.326 e. The Balaban J connectivity index is 2.47. The van der Waals surface area contributed by atoms with Gasteiger partial charge in [0.05, 0.1) is 4.90 Å². The maximum absolute atomic E-state index is 12.4. The van der Waals surface area contributed by atoms with Crippen LogP contribution in [0.4, 0.5) is 5.82 Å². The number of nitrogens with one attached hydrogen (secondary N) is 1. The predicted octanol–water partition coefficient (Wildman–Crippen LogP) is 2.30. The van der Waals surface area contributed by atoms with Gasteiger partial charge in [0.1, 0.15) is 5.82 Å². The third-order valence-electron chi connectivity index (χ3n) is 2.85. The lowest BCUT2D eigenvalue weighted by Gasteiger charge is -2.13. The third-order valence-corrected chi connectivity index (χ3v) is 4.54. The van der Waals surface area contributed by atoms with Crippen molar-refractivity contribution < 1.29 is 8.42 Å². The molecule has 1 aromatic carbocycles. The molecule has 0 aliphatic rings. The Labute approximate surface area is 122 Å². The van der Waals surface area contributed by atoms with Crippen molar-refractivity contribution in [2.75, 3.05) is 4.72 Å². The van der Waals surface area contributed by atoms with Crippen LogP contribution >= 0.6 is 11.6 Å². The minimum atomic E-state index is -3.75. The van der Waals surface area contributed by atoms with E-state index in [1.54, 1.807) is 31.2 Å². The van der Waals surface area contributed by atoms with E-state index in [2.05, 4.69) is 9.71 Å². The SMILES string of the molecule is Cc1c(CN)cc(Cl)cc1S(=O)(=O)Nc1ccccn1. The molecule has 0 aliphatic heterocycles. The largest absolute Gasteiger partial charge is 0.326 e. The fraction of sp³-hybridized carbons (Fsp3) is 0.154. The van der Waals surface area contributed by atoms with Gasteiger partial charge in [0, 0.05) is 17.8 Å². The Bertz CT molecular complexity index is 718. The fourth-order valence-corrected chi connectivity index (χ4v) is 3.44. The van der Waals surface area contributed by atoms with E-state index < -0.39 is 10.0 Å². The summed E-state index contributed by atoms with van der Waals surface area (Å²) in [6.07, 6.45) is 1.51. The summed E-state index contributed by atoms with van der Waals surface area (Å²) < 4.78 is 27.2. The molecule has 0 saturated heterocycles. The summed E-state index contributed by atoms with van der Waals surface area (Å²) in [4.78, 5) is 4.04. The number of aromatic nitrogens is 1. The van der Waals surface area contributed by atoms with Gasteiger partial charge in [0.15, 0.2) is 0 Å². The summed E-state index contributed by atoms with van der Waals surface area (Å²) in [6, 6.07) is 8.04. The van der Waals surface area contributed by atoms with Gasteiger partial charge in [-0.15, -0.1) is 0 Å². The normalized spacial score (nSPS) is 11.3. The van der Waals surface area contributed by atoms with Crippen molar-refractivity contribution in [2.45, 2.75) is 18.4 Å². The van der Waals surface area contributed by atoms with Crippen LogP contribution in [-0.4, -0.2) is 13.4 Å². The van der Waals surface area contributed by atoms with Gasteiger partial charge >= 0.3 is 0 Å². The molecule has 0 spiro atoms.